The van der Waals surface area contributed by atoms with Gasteiger partial charge in [0.1, 0.15) is 17.7 Å². The van der Waals surface area contributed by atoms with Crippen molar-refractivity contribution in [1.29, 1.82) is 10.5 Å². The van der Waals surface area contributed by atoms with Crippen LogP contribution in [-0.4, -0.2) is 19.8 Å². The van der Waals surface area contributed by atoms with Crippen molar-refractivity contribution < 1.29 is 13.2 Å². The third-order valence-electron chi connectivity index (χ3n) is 3.30. The van der Waals surface area contributed by atoms with Gasteiger partial charge in [-0.2, -0.15) is 23.7 Å². The van der Waals surface area contributed by atoms with Crippen LogP contribution in [-0.2, 0) is 0 Å². The molecule has 0 heterocycles. The van der Waals surface area contributed by atoms with Crippen molar-refractivity contribution >= 4 is 11.8 Å². The number of hydrogen-bond acceptors (Lipinski definition) is 3. The Balaban J connectivity index is 2.55. The summed E-state index contributed by atoms with van der Waals surface area (Å²) in [4.78, 5) is 1.79. The lowest BCUT2D eigenvalue weighted by atomic mass is 10.1. The van der Waals surface area contributed by atoms with Gasteiger partial charge in [-0.3, -0.25) is 0 Å². The fraction of sp³-hybridized carbons (Fsp3) is 0.263. The van der Waals surface area contributed by atoms with E-state index in [4.69, 9.17) is 10.5 Å². The van der Waals surface area contributed by atoms with Gasteiger partial charge in [0, 0.05) is 25.7 Å². The first-order chi connectivity index (χ1) is 11.9. The molecule has 0 amide bonds. The lowest BCUT2D eigenvalue weighted by Crippen LogP contribution is -2.20. The van der Waals surface area contributed by atoms with Crippen molar-refractivity contribution in [2.75, 3.05) is 18.5 Å². The summed E-state index contributed by atoms with van der Waals surface area (Å²) in [5, 5.41) is 17.1. The Morgan fingerprint density at radius 2 is 1.72 bits per heavy atom. The standard InChI is InChI=1S/C19H18F3N3/c1-25(13-5-12-19(20,21)22)18-10-8-16(9-11-18)6-3-2-4-7-17(14-23)15-24/h2-4,6-11H,5,12-13H2,1H3/b4-2+,6-3+. The van der Waals surface area contributed by atoms with Gasteiger partial charge < -0.3 is 4.90 Å². The lowest BCUT2D eigenvalue weighted by Gasteiger charge is -2.19. The second-order valence-corrected chi connectivity index (χ2v) is 5.28. The van der Waals surface area contributed by atoms with E-state index < -0.39 is 12.6 Å². The van der Waals surface area contributed by atoms with Crippen molar-refractivity contribution in [1.82, 2.24) is 0 Å². The molecule has 0 spiro atoms. The number of nitrogens with zero attached hydrogens (tertiary/aromatic N) is 3. The van der Waals surface area contributed by atoms with Gasteiger partial charge in [0.15, 0.2) is 0 Å². The maximum atomic E-state index is 12.2. The lowest BCUT2D eigenvalue weighted by molar-refractivity contribution is -0.135. The van der Waals surface area contributed by atoms with E-state index in [1.54, 1.807) is 42.3 Å². The molecule has 0 unspecified atom stereocenters. The highest BCUT2D eigenvalue weighted by Gasteiger charge is 2.26. The van der Waals surface area contributed by atoms with Gasteiger partial charge in [-0.25, -0.2) is 0 Å². The van der Waals surface area contributed by atoms with Gasteiger partial charge >= 0.3 is 6.18 Å². The molecule has 1 aromatic rings. The summed E-state index contributed by atoms with van der Waals surface area (Å²) in [6, 6.07) is 10.9. The van der Waals surface area contributed by atoms with Crippen molar-refractivity contribution in [3.05, 3.63) is 59.7 Å². The van der Waals surface area contributed by atoms with Crippen molar-refractivity contribution in [3.8, 4) is 12.1 Å². The number of anilines is 1. The Bertz CT molecular complexity index is 698. The van der Waals surface area contributed by atoms with Crippen LogP contribution in [0.1, 0.15) is 18.4 Å². The molecule has 130 valence electrons. The molecule has 6 heteroatoms. The molecular formula is C19H18F3N3. The Kier molecular flexibility index (Phi) is 8.02. The smallest absolute Gasteiger partial charge is 0.375 e. The molecule has 0 aliphatic heterocycles. The molecule has 0 saturated heterocycles. The summed E-state index contributed by atoms with van der Waals surface area (Å²) >= 11 is 0. The van der Waals surface area contributed by atoms with Crippen molar-refractivity contribution in [3.63, 3.8) is 0 Å². The van der Waals surface area contributed by atoms with E-state index in [0.29, 0.717) is 6.54 Å². The SMILES string of the molecule is CN(CCCC(F)(F)F)c1ccc(/C=C/C=C/C=C(C#N)C#N)cc1. The Hall–Kier alpha value is -2.99. The van der Waals surface area contributed by atoms with E-state index in [9.17, 15) is 13.2 Å². The zero-order valence-electron chi connectivity index (χ0n) is 13.8. The summed E-state index contributed by atoms with van der Waals surface area (Å²) in [6.07, 6.45) is 3.50. The van der Waals surface area contributed by atoms with E-state index >= 15 is 0 Å². The summed E-state index contributed by atoms with van der Waals surface area (Å²) in [6.45, 7) is 0.337. The number of benzene rings is 1. The number of allylic oxidation sites excluding steroid dienone is 5. The van der Waals surface area contributed by atoms with E-state index in [1.807, 2.05) is 30.3 Å². The molecule has 0 aromatic heterocycles. The Morgan fingerprint density at radius 3 is 2.28 bits per heavy atom. The second kappa shape index (κ2) is 10.00. The number of halogens is 3. The molecule has 1 rings (SSSR count). The first-order valence-corrected chi connectivity index (χ1v) is 7.59. The van der Waals surface area contributed by atoms with Crippen LogP contribution in [0.5, 0.6) is 0 Å². The zero-order valence-corrected chi connectivity index (χ0v) is 13.8. The van der Waals surface area contributed by atoms with E-state index in [-0.39, 0.29) is 12.0 Å². The molecule has 0 bridgehead atoms. The van der Waals surface area contributed by atoms with Crippen LogP contribution in [0, 0.1) is 22.7 Å². The predicted octanol–water partition coefficient (Wildman–Crippen LogP) is 5.01. The van der Waals surface area contributed by atoms with Crippen LogP contribution in [0.15, 0.2) is 54.1 Å². The average molecular weight is 345 g/mol. The first-order valence-electron chi connectivity index (χ1n) is 7.59. The van der Waals surface area contributed by atoms with E-state index in [0.717, 1.165) is 11.3 Å². The highest BCUT2D eigenvalue weighted by Crippen LogP contribution is 2.22. The van der Waals surface area contributed by atoms with Crippen LogP contribution in [0.25, 0.3) is 6.08 Å². The molecule has 0 aliphatic carbocycles. The summed E-state index contributed by atoms with van der Waals surface area (Å²) in [5.41, 5.74) is 1.81. The minimum Gasteiger partial charge on any atom is -0.375 e. The van der Waals surface area contributed by atoms with Crippen LogP contribution < -0.4 is 4.90 Å². The van der Waals surface area contributed by atoms with Crippen LogP contribution in [0.2, 0.25) is 0 Å². The fourth-order valence-corrected chi connectivity index (χ4v) is 1.97. The molecule has 0 saturated carbocycles. The Labute approximate surface area is 145 Å². The maximum Gasteiger partial charge on any atom is 0.389 e. The van der Waals surface area contributed by atoms with Crippen LogP contribution in [0.4, 0.5) is 18.9 Å². The van der Waals surface area contributed by atoms with Gasteiger partial charge in [-0.15, -0.1) is 0 Å². The molecule has 0 atom stereocenters. The first kappa shape index (κ1) is 20.1. The molecule has 0 N–H and O–H groups in total. The minimum atomic E-state index is -4.11. The number of alkyl halides is 3. The van der Waals surface area contributed by atoms with Gasteiger partial charge in [0.05, 0.1) is 0 Å². The predicted molar refractivity (Wildman–Crippen MR) is 92.5 cm³/mol. The topological polar surface area (TPSA) is 50.8 Å². The zero-order chi connectivity index (χ0) is 18.7. The maximum absolute atomic E-state index is 12.2. The monoisotopic (exact) mass is 345 g/mol. The molecule has 25 heavy (non-hydrogen) atoms. The molecule has 0 fully saturated rings. The number of hydrogen-bond donors (Lipinski definition) is 0. The third kappa shape index (κ3) is 8.43. The van der Waals surface area contributed by atoms with Gasteiger partial charge in [0.2, 0.25) is 0 Å². The third-order valence-corrected chi connectivity index (χ3v) is 3.30. The molecule has 1 aromatic carbocycles. The highest BCUT2D eigenvalue weighted by molar-refractivity contribution is 5.56. The normalized spacial score (nSPS) is 11.3. The van der Waals surface area contributed by atoms with Gasteiger partial charge in [0.25, 0.3) is 0 Å². The molecule has 0 aliphatic rings. The molecule has 0 radical (unpaired) electrons. The van der Waals surface area contributed by atoms with Crippen LogP contribution >= 0.6 is 0 Å². The summed E-state index contributed by atoms with van der Waals surface area (Å²) in [7, 11) is 1.76. The van der Waals surface area contributed by atoms with E-state index in [2.05, 4.69) is 0 Å². The highest BCUT2D eigenvalue weighted by atomic mass is 19.4. The molecular weight excluding hydrogens is 327 g/mol. The van der Waals surface area contributed by atoms with Crippen molar-refractivity contribution in [2.24, 2.45) is 0 Å². The quantitative estimate of drug-likeness (QED) is 0.516. The summed E-state index contributed by atoms with van der Waals surface area (Å²) in [5.74, 6) is 0. The largest absolute Gasteiger partial charge is 0.389 e. The number of nitriles is 2. The second-order valence-electron chi connectivity index (χ2n) is 5.28. The Morgan fingerprint density at radius 1 is 1.08 bits per heavy atom. The van der Waals surface area contributed by atoms with Gasteiger partial charge in [-0.1, -0.05) is 36.4 Å². The van der Waals surface area contributed by atoms with Crippen LogP contribution in [0.3, 0.4) is 0 Å². The van der Waals surface area contributed by atoms with Gasteiger partial charge in [-0.05, 0) is 30.2 Å². The average Bonchev–Trinajstić information content (AvgIpc) is 2.57. The molecule has 3 nitrogen and oxygen atoms in total. The van der Waals surface area contributed by atoms with E-state index in [1.165, 1.54) is 6.08 Å². The fourth-order valence-electron chi connectivity index (χ4n) is 1.97. The van der Waals surface area contributed by atoms with Crippen molar-refractivity contribution in [2.45, 2.75) is 19.0 Å². The minimum absolute atomic E-state index is 0.0302. The number of rotatable bonds is 7. The summed E-state index contributed by atoms with van der Waals surface area (Å²) < 4.78 is 36.5.